The Morgan fingerprint density at radius 2 is 2.09 bits per heavy atom. The van der Waals surface area contributed by atoms with Crippen LogP contribution in [0.3, 0.4) is 0 Å². The van der Waals surface area contributed by atoms with Gasteiger partial charge in [-0.2, -0.15) is 18.2 Å². The van der Waals surface area contributed by atoms with E-state index in [4.69, 9.17) is 4.52 Å². The standard InChI is InChI=1S/C13H8F3N3OS2/c14-13(15,16)8-3-4-11(17-6-8)22-7-10-18-12(19-20-10)9-2-1-5-21-9/h1-6H,7H2. The Kier molecular flexibility index (Phi) is 4.16. The first-order valence-electron chi connectivity index (χ1n) is 6.05. The van der Waals surface area contributed by atoms with Gasteiger partial charge in [-0.05, 0) is 23.6 Å². The zero-order valence-corrected chi connectivity index (χ0v) is 12.5. The molecule has 114 valence electrons. The van der Waals surface area contributed by atoms with Crippen LogP contribution in [0, 0.1) is 0 Å². The lowest BCUT2D eigenvalue weighted by atomic mass is 10.3. The van der Waals surface area contributed by atoms with Crippen molar-refractivity contribution in [3.05, 3.63) is 47.3 Å². The van der Waals surface area contributed by atoms with E-state index in [0.29, 0.717) is 22.5 Å². The van der Waals surface area contributed by atoms with Gasteiger partial charge in [0.1, 0.15) is 0 Å². The molecule has 0 aromatic carbocycles. The van der Waals surface area contributed by atoms with Crippen LogP contribution in [-0.4, -0.2) is 15.1 Å². The molecule has 0 radical (unpaired) electrons. The average molecular weight is 343 g/mol. The summed E-state index contributed by atoms with van der Waals surface area (Å²) in [7, 11) is 0. The number of rotatable bonds is 4. The van der Waals surface area contributed by atoms with Crippen molar-refractivity contribution in [3.63, 3.8) is 0 Å². The Morgan fingerprint density at radius 1 is 1.23 bits per heavy atom. The summed E-state index contributed by atoms with van der Waals surface area (Å²) >= 11 is 2.73. The van der Waals surface area contributed by atoms with Gasteiger partial charge in [-0.3, -0.25) is 0 Å². The summed E-state index contributed by atoms with van der Waals surface area (Å²) < 4.78 is 42.4. The van der Waals surface area contributed by atoms with Crippen LogP contribution in [0.15, 0.2) is 45.4 Å². The molecule has 22 heavy (non-hydrogen) atoms. The van der Waals surface area contributed by atoms with E-state index in [-0.39, 0.29) is 0 Å². The van der Waals surface area contributed by atoms with E-state index < -0.39 is 11.7 Å². The van der Waals surface area contributed by atoms with Crippen LogP contribution in [-0.2, 0) is 11.9 Å². The van der Waals surface area contributed by atoms with E-state index in [9.17, 15) is 13.2 Å². The van der Waals surface area contributed by atoms with Gasteiger partial charge in [-0.1, -0.05) is 23.0 Å². The highest BCUT2D eigenvalue weighted by molar-refractivity contribution is 7.98. The zero-order valence-electron chi connectivity index (χ0n) is 10.9. The zero-order chi connectivity index (χ0) is 15.6. The highest BCUT2D eigenvalue weighted by Crippen LogP contribution is 2.30. The molecule has 0 bridgehead atoms. The maximum absolute atomic E-state index is 12.4. The highest BCUT2D eigenvalue weighted by Gasteiger charge is 2.30. The fourth-order valence-electron chi connectivity index (χ4n) is 1.59. The molecular formula is C13H8F3N3OS2. The number of alkyl halides is 3. The number of hydrogen-bond donors (Lipinski definition) is 0. The van der Waals surface area contributed by atoms with Gasteiger partial charge in [0.25, 0.3) is 0 Å². The SMILES string of the molecule is FC(F)(F)c1ccc(SCc2nc(-c3cccs3)no2)nc1. The van der Waals surface area contributed by atoms with Gasteiger partial charge < -0.3 is 4.52 Å². The summed E-state index contributed by atoms with van der Waals surface area (Å²) in [4.78, 5) is 8.90. The minimum absolute atomic E-state index is 0.344. The highest BCUT2D eigenvalue weighted by atomic mass is 32.2. The van der Waals surface area contributed by atoms with Crippen molar-refractivity contribution in [2.24, 2.45) is 0 Å². The van der Waals surface area contributed by atoms with Crippen molar-refractivity contribution in [2.75, 3.05) is 0 Å². The molecule has 3 aromatic rings. The number of pyridine rings is 1. The van der Waals surface area contributed by atoms with E-state index >= 15 is 0 Å². The summed E-state index contributed by atoms with van der Waals surface area (Å²) in [6.45, 7) is 0. The molecule has 0 aliphatic heterocycles. The number of nitrogens with zero attached hydrogens (tertiary/aromatic N) is 3. The van der Waals surface area contributed by atoms with Gasteiger partial charge in [0.05, 0.1) is 21.2 Å². The number of aromatic nitrogens is 3. The normalized spacial score (nSPS) is 11.8. The Morgan fingerprint density at radius 3 is 2.73 bits per heavy atom. The van der Waals surface area contributed by atoms with E-state index in [1.807, 2.05) is 17.5 Å². The fraction of sp³-hybridized carbons (Fsp3) is 0.154. The second-order valence-corrected chi connectivity index (χ2v) is 6.10. The largest absolute Gasteiger partial charge is 0.417 e. The van der Waals surface area contributed by atoms with Crippen molar-refractivity contribution in [2.45, 2.75) is 17.0 Å². The van der Waals surface area contributed by atoms with Crippen molar-refractivity contribution in [3.8, 4) is 10.7 Å². The third kappa shape index (κ3) is 3.47. The smallest absolute Gasteiger partial charge is 0.338 e. The number of halogens is 3. The summed E-state index contributed by atoms with van der Waals surface area (Å²) in [6.07, 6.45) is -3.56. The second-order valence-electron chi connectivity index (χ2n) is 4.16. The Bertz CT molecular complexity index is 739. The van der Waals surface area contributed by atoms with Crippen molar-refractivity contribution in [1.82, 2.24) is 15.1 Å². The molecule has 0 saturated heterocycles. The maximum Gasteiger partial charge on any atom is 0.417 e. The Labute approximate surface area is 131 Å². The molecule has 3 heterocycles. The van der Waals surface area contributed by atoms with E-state index in [2.05, 4.69) is 15.1 Å². The summed E-state index contributed by atoms with van der Waals surface area (Å²) in [5.41, 5.74) is -0.769. The minimum Gasteiger partial charge on any atom is -0.338 e. The average Bonchev–Trinajstić information content (AvgIpc) is 3.15. The lowest BCUT2D eigenvalue weighted by Gasteiger charge is -2.05. The summed E-state index contributed by atoms with van der Waals surface area (Å²) in [5, 5.41) is 6.23. The topological polar surface area (TPSA) is 51.8 Å². The lowest BCUT2D eigenvalue weighted by molar-refractivity contribution is -0.137. The quantitative estimate of drug-likeness (QED) is 0.653. The molecule has 0 aliphatic carbocycles. The first kappa shape index (κ1) is 15.0. The lowest BCUT2D eigenvalue weighted by Crippen LogP contribution is -2.05. The molecule has 3 rings (SSSR count). The molecule has 0 unspecified atom stereocenters. The maximum atomic E-state index is 12.4. The molecule has 0 spiro atoms. The van der Waals surface area contributed by atoms with Gasteiger partial charge in [0.2, 0.25) is 11.7 Å². The van der Waals surface area contributed by atoms with Crippen LogP contribution in [0.25, 0.3) is 10.7 Å². The van der Waals surface area contributed by atoms with E-state index in [0.717, 1.165) is 17.1 Å². The number of thiophene rings is 1. The molecule has 0 saturated carbocycles. The van der Waals surface area contributed by atoms with Crippen LogP contribution >= 0.6 is 23.1 Å². The molecular weight excluding hydrogens is 335 g/mol. The molecule has 0 aliphatic rings. The third-order valence-electron chi connectivity index (χ3n) is 2.62. The van der Waals surface area contributed by atoms with Gasteiger partial charge in [0.15, 0.2) is 0 Å². The molecule has 4 nitrogen and oxygen atoms in total. The van der Waals surface area contributed by atoms with Gasteiger partial charge >= 0.3 is 6.18 Å². The van der Waals surface area contributed by atoms with Crippen LogP contribution in [0.4, 0.5) is 13.2 Å². The first-order valence-corrected chi connectivity index (χ1v) is 7.91. The van der Waals surface area contributed by atoms with E-state index in [1.165, 1.54) is 29.2 Å². The molecule has 9 heteroatoms. The molecule has 0 atom stereocenters. The molecule has 0 fully saturated rings. The van der Waals surface area contributed by atoms with Gasteiger partial charge in [-0.25, -0.2) is 4.98 Å². The predicted octanol–water partition coefficient (Wildman–Crippen LogP) is 4.50. The van der Waals surface area contributed by atoms with Crippen LogP contribution in [0.2, 0.25) is 0 Å². The number of thioether (sulfide) groups is 1. The summed E-state index contributed by atoms with van der Waals surface area (Å²) in [5.74, 6) is 1.25. The van der Waals surface area contributed by atoms with E-state index in [1.54, 1.807) is 0 Å². The van der Waals surface area contributed by atoms with Crippen LogP contribution in [0.1, 0.15) is 11.5 Å². The fourth-order valence-corrected chi connectivity index (χ4v) is 2.92. The van der Waals surface area contributed by atoms with Crippen LogP contribution in [0.5, 0.6) is 0 Å². The van der Waals surface area contributed by atoms with Crippen molar-refractivity contribution in [1.29, 1.82) is 0 Å². The van der Waals surface area contributed by atoms with Gasteiger partial charge in [-0.15, -0.1) is 11.3 Å². The molecule has 0 amide bonds. The summed E-state index contributed by atoms with van der Waals surface area (Å²) in [6, 6.07) is 6.09. The van der Waals surface area contributed by atoms with Crippen molar-refractivity contribution < 1.29 is 17.7 Å². The van der Waals surface area contributed by atoms with Crippen LogP contribution < -0.4 is 0 Å². The van der Waals surface area contributed by atoms with Crippen molar-refractivity contribution >= 4 is 23.1 Å². The third-order valence-corrected chi connectivity index (χ3v) is 4.41. The molecule has 0 N–H and O–H groups in total. The minimum atomic E-state index is -4.38. The number of hydrogen-bond acceptors (Lipinski definition) is 6. The monoisotopic (exact) mass is 343 g/mol. The Balaban J connectivity index is 1.63. The molecule has 3 aromatic heterocycles. The second kappa shape index (κ2) is 6.09. The van der Waals surface area contributed by atoms with Gasteiger partial charge in [0, 0.05) is 6.20 Å². The Hall–Kier alpha value is -1.87. The predicted molar refractivity (Wildman–Crippen MR) is 76.4 cm³/mol. The first-order chi connectivity index (χ1) is 10.5.